The van der Waals surface area contributed by atoms with Gasteiger partial charge in [0.05, 0.1) is 42.0 Å². The molecule has 2 aromatic rings. The highest BCUT2D eigenvalue weighted by Crippen LogP contribution is 2.26. The summed E-state index contributed by atoms with van der Waals surface area (Å²) in [5, 5.41) is 4.85. The minimum atomic E-state index is -0.319. The summed E-state index contributed by atoms with van der Waals surface area (Å²) in [5.74, 6) is 0. The van der Waals surface area contributed by atoms with Gasteiger partial charge in [-0.2, -0.15) is 5.10 Å². The molecule has 2 heterocycles. The van der Waals surface area contributed by atoms with Crippen LogP contribution in [0.4, 0.5) is 0 Å². The van der Waals surface area contributed by atoms with Crippen LogP contribution in [0.1, 0.15) is 17.3 Å². The standard InChI is InChI=1S/C12H17ClN4O/c1-16(2)4-5-17-12(10(13)7-15-17)11(14)9-3-6-18-8-9/h3,6-8,11H,4-5,14H2,1-2H3. The van der Waals surface area contributed by atoms with Crippen LogP contribution < -0.4 is 5.73 Å². The number of nitrogens with zero attached hydrogens (tertiary/aromatic N) is 3. The third kappa shape index (κ3) is 2.75. The summed E-state index contributed by atoms with van der Waals surface area (Å²) in [6.07, 6.45) is 4.86. The van der Waals surface area contributed by atoms with E-state index in [-0.39, 0.29) is 6.04 Å². The lowest BCUT2D eigenvalue weighted by molar-refractivity contribution is 0.368. The molecule has 0 saturated carbocycles. The van der Waals surface area contributed by atoms with E-state index in [1.54, 1.807) is 18.7 Å². The van der Waals surface area contributed by atoms with Crippen molar-refractivity contribution in [3.8, 4) is 0 Å². The fraction of sp³-hybridized carbons (Fsp3) is 0.417. The van der Waals surface area contributed by atoms with E-state index >= 15 is 0 Å². The molecule has 2 rings (SSSR count). The molecule has 1 atom stereocenters. The maximum atomic E-state index is 6.19. The van der Waals surface area contributed by atoms with Gasteiger partial charge >= 0.3 is 0 Å². The van der Waals surface area contributed by atoms with Crippen LogP contribution >= 0.6 is 11.6 Å². The maximum absolute atomic E-state index is 6.19. The Morgan fingerprint density at radius 2 is 2.33 bits per heavy atom. The minimum Gasteiger partial charge on any atom is -0.472 e. The first-order valence-electron chi connectivity index (χ1n) is 5.73. The Kier molecular flexibility index (Phi) is 4.06. The fourth-order valence-corrected chi connectivity index (χ4v) is 2.02. The number of aromatic nitrogens is 2. The number of halogens is 1. The first kappa shape index (κ1) is 13.1. The molecule has 0 aliphatic rings. The van der Waals surface area contributed by atoms with Gasteiger partial charge in [-0.05, 0) is 20.2 Å². The molecule has 0 spiro atoms. The van der Waals surface area contributed by atoms with Crippen LogP contribution in [-0.2, 0) is 6.54 Å². The molecular formula is C12H17ClN4O. The van der Waals surface area contributed by atoms with Crippen LogP contribution in [0.15, 0.2) is 29.2 Å². The summed E-state index contributed by atoms with van der Waals surface area (Å²) in [6, 6.07) is 1.52. The maximum Gasteiger partial charge on any atom is 0.0954 e. The molecule has 0 aliphatic heterocycles. The molecule has 0 aromatic carbocycles. The van der Waals surface area contributed by atoms with E-state index in [1.807, 2.05) is 24.8 Å². The van der Waals surface area contributed by atoms with E-state index in [1.165, 1.54) is 0 Å². The highest BCUT2D eigenvalue weighted by atomic mass is 35.5. The van der Waals surface area contributed by atoms with Crippen LogP contribution in [0.25, 0.3) is 0 Å². The summed E-state index contributed by atoms with van der Waals surface area (Å²) in [7, 11) is 4.03. The fourth-order valence-electron chi connectivity index (χ4n) is 1.76. The average Bonchev–Trinajstić information content (AvgIpc) is 2.94. The van der Waals surface area contributed by atoms with Crippen LogP contribution in [0.3, 0.4) is 0 Å². The lowest BCUT2D eigenvalue weighted by Gasteiger charge is -2.15. The van der Waals surface area contributed by atoms with E-state index in [0.29, 0.717) is 5.02 Å². The number of hydrogen-bond donors (Lipinski definition) is 1. The molecule has 98 valence electrons. The van der Waals surface area contributed by atoms with E-state index in [9.17, 15) is 0 Å². The molecular weight excluding hydrogens is 252 g/mol. The predicted octanol–water partition coefficient (Wildman–Crippen LogP) is 1.74. The summed E-state index contributed by atoms with van der Waals surface area (Å²) >= 11 is 6.16. The van der Waals surface area contributed by atoms with Gasteiger partial charge in [0.2, 0.25) is 0 Å². The Balaban J connectivity index is 2.23. The molecule has 0 aliphatic carbocycles. The summed E-state index contributed by atoms with van der Waals surface area (Å²) in [5.41, 5.74) is 7.91. The highest BCUT2D eigenvalue weighted by Gasteiger charge is 2.19. The Labute approximate surface area is 111 Å². The zero-order valence-corrected chi connectivity index (χ0v) is 11.3. The molecule has 1 unspecified atom stereocenters. The molecule has 18 heavy (non-hydrogen) atoms. The predicted molar refractivity (Wildman–Crippen MR) is 70.5 cm³/mol. The van der Waals surface area contributed by atoms with Crippen molar-refractivity contribution in [2.45, 2.75) is 12.6 Å². The number of rotatable bonds is 5. The van der Waals surface area contributed by atoms with Crippen molar-refractivity contribution in [2.24, 2.45) is 5.73 Å². The third-order valence-electron chi connectivity index (χ3n) is 2.79. The smallest absolute Gasteiger partial charge is 0.0954 e. The van der Waals surface area contributed by atoms with Crippen molar-refractivity contribution >= 4 is 11.6 Å². The molecule has 0 fully saturated rings. The van der Waals surface area contributed by atoms with Crippen molar-refractivity contribution in [1.82, 2.24) is 14.7 Å². The van der Waals surface area contributed by atoms with E-state index in [2.05, 4.69) is 10.00 Å². The Morgan fingerprint density at radius 1 is 1.56 bits per heavy atom. The normalized spacial score (nSPS) is 13.2. The number of likely N-dealkylation sites (N-methyl/N-ethyl adjacent to an activating group) is 1. The summed E-state index contributed by atoms with van der Waals surface area (Å²) in [6.45, 7) is 1.63. The van der Waals surface area contributed by atoms with Gasteiger partial charge in [0, 0.05) is 12.1 Å². The first-order chi connectivity index (χ1) is 8.59. The van der Waals surface area contributed by atoms with Gasteiger partial charge in [0.15, 0.2) is 0 Å². The molecule has 5 nitrogen and oxygen atoms in total. The van der Waals surface area contributed by atoms with Crippen molar-refractivity contribution in [1.29, 1.82) is 0 Å². The molecule has 0 amide bonds. The monoisotopic (exact) mass is 268 g/mol. The van der Waals surface area contributed by atoms with Gasteiger partial charge in [0.25, 0.3) is 0 Å². The minimum absolute atomic E-state index is 0.319. The topological polar surface area (TPSA) is 60.2 Å². The van der Waals surface area contributed by atoms with Crippen molar-refractivity contribution in [2.75, 3.05) is 20.6 Å². The SMILES string of the molecule is CN(C)CCn1ncc(Cl)c1C(N)c1ccoc1. The highest BCUT2D eigenvalue weighted by molar-refractivity contribution is 6.31. The van der Waals surface area contributed by atoms with Crippen molar-refractivity contribution < 1.29 is 4.42 Å². The molecule has 0 radical (unpaired) electrons. The third-order valence-corrected chi connectivity index (χ3v) is 3.08. The first-order valence-corrected chi connectivity index (χ1v) is 6.11. The number of nitrogens with two attached hydrogens (primary N) is 1. The summed E-state index contributed by atoms with van der Waals surface area (Å²) in [4.78, 5) is 2.09. The zero-order chi connectivity index (χ0) is 13.1. The lowest BCUT2D eigenvalue weighted by atomic mass is 10.1. The average molecular weight is 269 g/mol. The van der Waals surface area contributed by atoms with E-state index < -0.39 is 0 Å². The number of hydrogen-bond acceptors (Lipinski definition) is 4. The number of furan rings is 1. The van der Waals surface area contributed by atoms with Crippen LogP contribution in [0.5, 0.6) is 0 Å². The van der Waals surface area contributed by atoms with Gasteiger partial charge in [-0.3, -0.25) is 4.68 Å². The van der Waals surface area contributed by atoms with Crippen LogP contribution in [-0.4, -0.2) is 35.3 Å². The molecule has 0 bridgehead atoms. The van der Waals surface area contributed by atoms with Gasteiger partial charge < -0.3 is 15.1 Å². The Morgan fingerprint density at radius 3 is 2.94 bits per heavy atom. The second-order valence-corrected chi connectivity index (χ2v) is 4.85. The quantitative estimate of drug-likeness (QED) is 0.897. The second-order valence-electron chi connectivity index (χ2n) is 4.44. The second kappa shape index (κ2) is 5.56. The Bertz CT molecular complexity index is 492. The van der Waals surface area contributed by atoms with Crippen LogP contribution in [0.2, 0.25) is 5.02 Å². The summed E-state index contributed by atoms with van der Waals surface area (Å²) < 4.78 is 6.90. The van der Waals surface area contributed by atoms with Crippen molar-refractivity contribution in [3.05, 3.63) is 41.1 Å². The Hall–Kier alpha value is -1.30. The van der Waals surface area contributed by atoms with E-state index in [0.717, 1.165) is 24.3 Å². The lowest BCUT2D eigenvalue weighted by Crippen LogP contribution is -2.23. The molecule has 2 N–H and O–H groups in total. The van der Waals surface area contributed by atoms with Crippen LogP contribution in [0, 0.1) is 0 Å². The van der Waals surface area contributed by atoms with Gasteiger partial charge in [0.1, 0.15) is 0 Å². The largest absolute Gasteiger partial charge is 0.472 e. The van der Waals surface area contributed by atoms with Gasteiger partial charge in [-0.1, -0.05) is 11.6 Å². The van der Waals surface area contributed by atoms with Gasteiger partial charge in [-0.25, -0.2) is 0 Å². The molecule has 2 aromatic heterocycles. The molecule has 0 saturated heterocycles. The van der Waals surface area contributed by atoms with E-state index in [4.69, 9.17) is 21.8 Å². The molecule has 6 heteroatoms. The zero-order valence-electron chi connectivity index (χ0n) is 10.5. The van der Waals surface area contributed by atoms with Crippen molar-refractivity contribution in [3.63, 3.8) is 0 Å². The van der Waals surface area contributed by atoms with Gasteiger partial charge in [-0.15, -0.1) is 0 Å².